The molecule has 2 N–H and O–H groups in total. The minimum absolute atomic E-state index is 0.336. The summed E-state index contributed by atoms with van der Waals surface area (Å²) in [6, 6.07) is 3.83. The van der Waals surface area contributed by atoms with E-state index < -0.39 is 10.2 Å². The van der Waals surface area contributed by atoms with Gasteiger partial charge < -0.3 is 0 Å². The van der Waals surface area contributed by atoms with Crippen molar-refractivity contribution >= 4 is 15.8 Å². The van der Waals surface area contributed by atoms with Crippen molar-refractivity contribution in [1.29, 1.82) is 0 Å². The molecule has 0 saturated heterocycles. The molecule has 0 fully saturated rings. The van der Waals surface area contributed by atoms with Gasteiger partial charge in [0.05, 0.1) is 0 Å². The minimum atomic E-state index is -3.56. The van der Waals surface area contributed by atoms with Crippen molar-refractivity contribution in [2.24, 2.45) is 5.14 Å². The lowest BCUT2D eigenvalue weighted by atomic mass is 10.0. The molecular formula is C10H13N3O2S. The number of nitrogens with zero attached hydrogens (tertiary/aromatic N) is 2. The summed E-state index contributed by atoms with van der Waals surface area (Å²) in [6.45, 7) is 0.766. The van der Waals surface area contributed by atoms with E-state index in [1.807, 2.05) is 18.2 Å². The van der Waals surface area contributed by atoms with Crippen LogP contribution in [0.5, 0.6) is 0 Å². The van der Waals surface area contributed by atoms with Crippen molar-refractivity contribution in [3.8, 4) is 0 Å². The van der Waals surface area contributed by atoms with Gasteiger partial charge in [0.1, 0.15) is 0 Å². The van der Waals surface area contributed by atoms with E-state index in [2.05, 4.69) is 4.98 Å². The number of hydrogen-bond acceptors (Lipinski definition) is 3. The average molecular weight is 239 g/mol. The van der Waals surface area contributed by atoms with Gasteiger partial charge in [0.25, 0.3) is 10.2 Å². The van der Waals surface area contributed by atoms with Crippen LogP contribution in [0.2, 0.25) is 0 Å². The van der Waals surface area contributed by atoms with E-state index in [1.165, 1.54) is 4.31 Å². The highest BCUT2D eigenvalue weighted by Crippen LogP contribution is 2.21. The van der Waals surface area contributed by atoms with Gasteiger partial charge in [-0.1, -0.05) is 12.1 Å². The van der Waals surface area contributed by atoms with Crippen molar-refractivity contribution in [3.63, 3.8) is 0 Å². The van der Waals surface area contributed by atoms with Gasteiger partial charge in [-0.3, -0.25) is 4.98 Å². The maximum absolute atomic E-state index is 11.1. The van der Waals surface area contributed by atoms with E-state index >= 15 is 0 Å². The maximum atomic E-state index is 11.1. The Bertz CT molecular complexity index is 496. The first-order chi connectivity index (χ1) is 7.57. The van der Waals surface area contributed by atoms with Crippen molar-refractivity contribution in [2.45, 2.75) is 6.42 Å². The summed E-state index contributed by atoms with van der Waals surface area (Å²) in [7, 11) is -3.56. The summed E-state index contributed by atoms with van der Waals surface area (Å²) in [4.78, 5) is 4.03. The molecule has 0 bridgehead atoms. The molecule has 1 aliphatic heterocycles. The molecule has 2 heterocycles. The van der Waals surface area contributed by atoms with Crippen LogP contribution in [-0.2, 0) is 10.2 Å². The Morgan fingerprint density at radius 1 is 1.44 bits per heavy atom. The third kappa shape index (κ3) is 2.46. The second-order valence-electron chi connectivity index (χ2n) is 3.62. The highest BCUT2D eigenvalue weighted by Gasteiger charge is 2.20. The third-order valence-electron chi connectivity index (χ3n) is 2.56. The maximum Gasteiger partial charge on any atom is 0.277 e. The zero-order valence-corrected chi connectivity index (χ0v) is 9.52. The molecule has 0 radical (unpaired) electrons. The summed E-state index contributed by atoms with van der Waals surface area (Å²) >= 11 is 0. The lowest BCUT2D eigenvalue weighted by Crippen LogP contribution is -2.39. The highest BCUT2D eigenvalue weighted by atomic mass is 32.2. The fourth-order valence-corrected chi connectivity index (χ4v) is 2.32. The molecule has 2 rings (SSSR count). The number of aromatic nitrogens is 1. The monoisotopic (exact) mass is 239 g/mol. The highest BCUT2D eigenvalue weighted by molar-refractivity contribution is 7.86. The van der Waals surface area contributed by atoms with Crippen LogP contribution in [0.3, 0.4) is 0 Å². The summed E-state index contributed by atoms with van der Waals surface area (Å²) in [5, 5.41) is 5.05. The summed E-state index contributed by atoms with van der Waals surface area (Å²) in [6.07, 6.45) is 6.04. The van der Waals surface area contributed by atoms with Crippen molar-refractivity contribution < 1.29 is 8.42 Å². The normalized spacial score (nSPS) is 18.2. The summed E-state index contributed by atoms with van der Waals surface area (Å²) in [5.74, 6) is 0. The molecule has 1 aromatic heterocycles. The van der Waals surface area contributed by atoms with E-state index in [1.54, 1.807) is 12.4 Å². The quantitative estimate of drug-likeness (QED) is 0.810. The third-order valence-corrected chi connectivity index (χ3v) is 3.62. The van der Waals surface area contributed by atoms with Gasteiger partial charge in [0.15, 0.2) is 0 Å². The first kappa shape index (κ1) is 11.3. The van der Waals surface area contributed by atoms with Crippen LogP contribution in [0.1, 0.15) is 12.0 Å². The molecule has 0 saturated carbocycles. The van der Waals surface area contributed by atoms with Crippen molar-refractivity contribution in [1.82, 2.24) is 9.29 Å². The molecule has 1 aliphatic rings. The Balaban J connectivity index is 2.16. The van der Waals surface area contributed by atoms with E-state index in [9.17, 15) is 8.42 Å². The predicted octanol–water partition coefficient (Wildman–Crippen LogP) is 0.374. The first-order valence-electron chi connectivity index (χ1n) is 4.94. The SMILES string of the molecule is NS(=O)(=O)N1CC=C(c2cccnc2)CC1. The molecule has 0 spiro atoms. The van der Waals surface area contributed by atoms with Gasteiger partial charge in [0, 0.05) is 25.5 Å². The smallest absolute Gasteiger partial charge is 0.264 e. The largest absolute Gasteiger partial charge is 0.277 e. The number of hydrogen-bond donors (Lipinski definition) is 1. The van der Waals surface area contributed by atoms with E-state index in [-0.39, 0.29) is 0 Å². The molecule has 86 valence electrons. The van der Waals surface area contributed by atoms with Crippen molar-refractivity contribution in [2.75, 3.05) is 13.1 Å². The van der Waals surface area contributed by atoms with Crippen LogP contribution in [-0.4, -0.2) is 30.8 Å². The fourth-order valence-electron chi connectivity index (χ4n) is 1.70. The van der Waals surface area contributed by atoms with Crippen LogP contribution in [0.4, 0.5) is 0 Å². The standard InChI is InChI=1S/C10H13N3O2S/c11-16(14,15)13-6-3-9(4-7-13)10-2-1-5-12-8-10/h1-3,5,8H,4,6-7H2,(H2,11,14,15). The number of rotatable bonds is 2. The Labute approximate surface area is 94.8 Å². The van der Waals surface area contributed by atoms with Gasteiger partial charge in [0.2, 0.25) is 0 Å². The Kier molecular flexibility index (Phi) is 3.04. The van der Waals surface area contributed by atoms with Crippen LogP contribution in [0.25, 0.3) is 5.57 Å². The topological polar surface area (TPSA) is 76.3 Å². The molecule has 5 nitrogen and oxygen atoms in total. The predicted molar refractivity (Wildman–Crippen MR) is 61.5 cm³/mol. The first-order valence-corrected chi connectivity index (χ1v) is 6.45. The summed E-state index contributed by atoms with van der Waals surface area (Å²) in [5.41, 5.74) is 2.16. The number of nitrogens with two attached hydrogens (primary N) is 1. The van der Waals surface area contributed by atoms with Crippen LogP contribution in [0, 0.1) is 0 Å². The van der Waals surface area contributed by atoms with Crippen LogP contribution in [0.15, 0.2) is 30.6 Å². The van der Waals surface area contributed by atoms with Crippen LogP contribution < -0.4 is 5.14 Å². The van der Waals surface area contributed by atoms with Gasteiger partial charge >= 0.3 is 0 Å². The Morgan fingerprint density at radius 3 is 2.75 bits per heavy atom. The average Bonchev–Trinajstić information content (AvgIpc) is 2.29. The molecule has 1 aromatic rings. The van der Waals surface area contributed by atoms with Crippen molar-refractivity contribution in [3.05, 3.63) is 36.2 Å². The second-order valence-corrected chi connectivity index (χ2v) is 5.17. The minimum Gasteiger partial charge on any atom is -0.264 e. The lowest BCUT2D eigenvalue weighted by Gasteiger charge is -2.23. The number of pyridine rings is 1. The molecule has 0 unspecified atom stereocenters. The summed E-state index contributed by atoms with van der Waals surface area (Å²) < 4.78 is 23.4. The van der Waals surface area contributed by atoms with Gasteiger partial charge in [-0.05, 0) is 23.6 Å². The molecule has 0 aliphatic carbocycles. The fraction of sp³-hybridized carbons (Fsp3) is 0.300. The molecule has 0 atom stereocenters. The van der Waals surface area contributed by atoms with Gasteiger partial charge in [-0.2, -0.15) is 12.7 Å². The van der Waals surface area contributed by atoms with Gasteiger partial charge in [-0.15, -0.1) is 0 Å². The zero-order valence-electron chi connectivity index (χ0n) is 8.70. The molecule has 0 amide bonds. The van der Waals surface area contributed by atoms with E-state index in [0.717, 1.165) is 11.1 Å². The van der Waals surface area contributed by atoms with E-state index in [0.29, 0.717) is 19.5 Å². The molecule has 16 heavy (non-hydrogen) atoms. The van der Waals surface area contributed by atoms with Gasteiger partial charge in [-0.25, -0.2) is 5.14 Å². The Morgan fingerprint density at radius 2 is 2.25 bits per heavy atom. The molecule has 6 heteroatoms. The molecule has 0 aromatic carbocycles. The molecular weight excluding hydrogens is 226 g/mol. The van der Waals surface area contributed by atoms with E-state index in [4.69, 9.17) is 5.14 Å². The van der Waals surface area contributed by atoms with Crippen LogP contribution >= 0.6 is 0 Å². The Hall–Kier alpha value is -1.24. The lowest BCUT2D eigenvalue weighted by molar-refractivity contribution is 0.442. The second kappa shape index (κ2) is 4.32. The zero-order chi connectivity index (χ0) is 11.6.